The van der Waals surface area contributed by atoms with Crippen molar-refractivity contribution < 1.29 is 14.6 Å². The molecule has 0 spiro atoms. The van der Waals surface area contributed by atoms with Crippen LogP contribution in [0.15, 0.2) is 22.7 Å². The summed E-state index contributed by atoms with van der Waals surface area (Å²) in [7, 11) is 1.63. The number of hydrogen-bond acceptors (Lipinski definition) is 3. The molecule has 3 nitrogen and oxygen atoms in total. The highest BCUT2D eigenvalue weighted by Crippen LogP contribution is 2.27. The minimum atomic E-state index is -0.747. The lowest BCUT2D eigenvalue weighted by Gasteiger charge is -2.05. The van der Waals surface area contributed by atoms with Gasteiger partial charge < -0.3 is 9.84 Å². The Bertz CT molecular complexity index is 368. The fraction of sp³-hybridized carbons (Fsp3) is 0.364. The summed E-state index contributed by atoms with van der Waals surface area (Å²) >= 11 is 5.03. The molecule has 1 N–H and O–H groups in total. The molecule has 0 atom stereocenters. The summed E-state index contributed by atoms with van der Waals surface area (Å²) in [5, 5.41) is 8.49. The predicted octanol–water partition coefficient (Wildman–Crippen LogP) is 3.17. The van der Waals surface area contributed by atoms with Crippen LogP contribution < -0.4 is 4.74 Å². The minimum Gasteiger partial charge on any atom is -0.496 e. The standard InChI is InChI=1S/C11H13BrO3S/c1-15-10-3-2-8(6-9(10)12)7-16-5-4-11(13)14/h2-3,6H,4-5,7H2,1H3,(H,13,14). The van der Waals surface area contributed by atoms with Crippen LogP contribution in [0.2, 0.25) is 0 Å². The van der Waals surface area contributed by atoms with Crippen LogP contribution in [0, 0.1) is 0 Å². The maximum Gasteiger partial charge on any atom is 0.304 e. The summed E-state index contributed by atoms with van der Waals surface area (Å²) < 4.78 is 6.05. The zero-order valence-electron chi connectivity index (χ0n) is 8.90. The summed E-state index contributed by atoms with van der Waals surface area (Å²) in [4.78, 5) is 10.3. The number of aliphatic carboxylic acids is 1. The van der Waals surface area contributed by atoms with E-state index in [1.54, 1.807) is 18.9 Å². The second kappa shape index (κ2) is 6.81. The summed E-state index contributed by atoms with van der Waals surface area (Å²) in [6, 6.07) is 5.88. The molecule has 0 aliphatic rings. The van der Waals surface area contributed by atoms with Crippen LogP contribution in [0.4, 0.5) is 0 Å². The molecular weight excluding hydrogens is 292 g/mol. The van der Waals surface area contributed by atoms with Crippen LogP contribution >= 0.6 is 27.7 Å². The van der Waals surface area contributed by atoms with Gasteiger partial charge in [-0.05, 0) is 33.6 Å². The number of methoxy groups -OCH3 is 1. The van der Waals surface area contributed by atoms with Gasteiger partial charge in [0.05, 0.1) is 18.0 Å². The van der Waals surface area contributed by atoms with E-state index in [0.717, 1.165) is 21.5 Å². The van der Waals surface area contributed by atoms with E-state index in [4.69, 9.17) is 9.84 Å². The highest BCUT2D eigenvalue weighted by molar-refractivity contribution is 9.10. The van der Waals surface area contributed by atoms with Gasteiger partial charge >= 0.3 is 5.97 Å². The Morgan fingerprint density at radius 2 is 2.31 bits per heavy atom. The summed E-state index contributed by atoms with van der Waals surface area (Å²) in [6.45, 7) is 0. The molecule has 0 aromatic heterocycles. The van der Waals surface area contributed by atoms with E-state index < -0.39 is 5.97 Å². The number of carbonyl (C=O) groups is 1. The lowest BCUT2D eigenvalue weighted by Crippen LogP contribution is -1.96. The van der Waals surface area contributed by atoms with Crippen LogP contribution in [0.25, 0.3) is 0 Å². The third-order valence-electron chi connectivity index (χ3n) is 1.95. The molecule has 0 bridgehead atoms. The minimum absolute atomic E-state index is 0.210. The Kier molecular flexibility index (Phi) is 5.69. The van der Waals surface area contributed by atoms with Crippen molar-refractivity contribution in [2.45, 2.75) is 12.2 Å². The second-order valence-electron chi connectivity index (χ2n) is 3.17. The number of hydrogen-bond donors (Lipinski definition) is 1. The van der Waals surface area contributed by atoms with Crippen molar-refractivity contribution in [2.75, 3.05) is 12.9 Å². The lowest BCUT2D eigenvalue weighted by molar-refractivity contribution is -0.136. The lowest BCUT2D eigenvalue weighted by atomic mass is 10.2. The third-order valence-corrected chi connectivity index (χ3v) is 3.60. The normalized spacial score (nSPS) is 10.1. The Morgan fingerprint density at radius 1 is 1.56 bits per heavy atom. The molecular formula is C11H13BrO3S. The van der Waals surface area contributed by atoms with Gasteiger partial charge in [0.2, 0.25) is 0 Å². The molecule has 1 aromatic rings. The number of thioether (sulfide) groups is 1. The van der Waals surface area contributed by atoms with E-state index >= 15 is 0 Å². The Labute approximate surface area is 107 Å². The van der Waals surface area contributed by atoms with E-state index in [0.29, 0.717) is 5.75 Å². The predicted molar refractivity (Wildman–Crippen MR) is 69.1 cm³/mol. The first-order valence-corrected chi connectivity index (χ1v) is 6.70. The average Bonchev–Trinajstić information content (AvgIpc) is 2.24. The molecule has 0 amide bonds. The number of carboxylic acids is 1. The molecule has 0 unspecified atom stereocenters. The molecule has 0 aliphatic carbocycles. The van der Waals surface area contributed by atoms with Crippen LogP contribution in [0.1, 0.15) is 12.0 Å². The first-order valence-electron chi connectivity index (χ1n) is 4.75. The molecule has 0 fully saturated rings. The topological polar surface area (TPSA) is 46.5 Å². The molecule has 1 aromatic carbocycles. The van der Waals surface area contributed by atoms with Crippen LogP contribution in [0.3, 0.4) is 0 Å². The number of benzene rings is 1. The fourth-order valence-corrected chi connectivity index (χ4v) is 2.62. The molecule has 1 rings (SSSR count). The van der Waals surface area contributed by atoms with E-state index in [1.165, 1.54) is 0 Å². The van der Waals surface area contributed by atoms with Crippen molar-refractivity contribution in [1.82, 2.24) is 0 Å². The van der Waals surface area contributed by atoms with E-state index in [-0.39, 0.29) is 6.42 Å². The summed E-state index contributed by atoms with van der Waals surface area (Å²) in [5.74, 6) is 1.51. The summed E-state index contributed by atoms with van der Waals surface area (Å²) in [5.41, 5.74) is 1.16. The zero-order chi connectivity index (χ0) is 12.0. The van der Waals surface area contributed by atoms with Gasteiger partial charge in [-0.2, -0.15) is 11.8 Å². The molecule has 0 radical (unpaired) electrons. The monoisotopic (exact) mass is 304 g/mol. The molecule has 88 valence electrons. The van der Waals surface area contributed by atoms with E-state index in [2.05, 4.69) is 15.9 Å². The van der Waals surface area contributed by atoms with Gasteiger partial charge in [-0.15, -0.1) is 0 Å². The van der Waals surface area contributed by atoms with Gasteiger partial charge in [-0.25, -0.2) is 0 Å². The van der Waals surface area contributed by atoms with Gasteiger partial charge in [0.25, 0.3) is 0 Å². The molecule has 0 saturated carbocycles. The number of rotatable bonds is 6. The maximum absolute atomic E-state index is 10.3. The first kappa shape index (κ1) is 13.4. The number of carboxylic acid groups (broad SMARTS) is 1. The van der Waals surface area contributed by atoms with Gasteiger partial charge in [-0.1, -0.05) is 6.07 Å². The van der Waals surface area contributed by atoms with Crippen LogP contribution in [-0.4, -0.2) is 23.9 Å². The third kappa shape index (κ3) is 4.45. The van der Waals surface area contributed by atoms with Gasteiger partial charge in [0.15, 0.2) is 0 Å². The van der Waals surface area contributed by atoms with Gasteiger partial charge in [0, 0.05) is 11.5 Å². The average molecular weight is 305 g/mol. The second-order valence-corrected chi connectivity index (χ2v) is 5.12. The van der Waals surface area contributed by atoms with E-state index in [1.807, 2.05) is 18.2 Å². The van der Waals surface area contributed by atoms with Crippen molar-refractivity contribution in [3.63, 3.8) is 0 Å². The van der Waals surface area contributed by atoms with Crippen molar-refractivity contribution >= 4 is 33.7 Å². The molecule has 0 aliphatic heterocycles. The quantitative estimate of drug-likeness (QED) is 0.820. The number of halogens is 1. The number of ether oxygens (including phenoxy) is 1. The Balaban J connectivity index is 2.43. The largest absolute Gasteiger partial charge is 0.496 e. The van der Waals surface area contributed by atoms with Crippen LogP contribution in [0.5, 0.6) is 5.75 Å². The molecule has 0 saturated heterocycles. The Hall–Kier alpha value is -0.680. The maximum atomic E-state index is 10.3. The van der Waals surface area contributed by atoms with E-state index in [9.17, 15) is 4.79 Å². The molecule has 5 heteroatoms. The zero-order valence-corrected chi connectivity index (χ0v) is 11.3. The molecule has 16 heavy (non-hydrogen) atoms. The van der Waals surface area contributed by atoms with Crippen molar-refractivity contribution in [2.24, 2.45) is 0 Å². The highest BCUT2D eigenvalue weighted by atomic mass is 79.9. The van der Waals surface area contributed by atoms with Crippen molar-refractivity contribution in [3.8, 4) is 5.75 Å². The molecule has 0 heterocycles. The summed E-state index contributed by atoms with van der Waals surface area (Å²) in [6.07, 6.45) is 0.210. The van der Waals surface area contributed by atoms with Gasteiger partial charge in [0.1, 0.15) is 5.75 Å². The van der Waals surface area contributed by atoms with Gasteiger partial charge in [-0.3, -0.25) is 4.79 Å². The smallest absolute Gasteiger partial charge is 0.304 e. The van der Waals surface area contributed by atoms with Crippen molar-refractivity contribution in [3.05, 3.63) is 28.2 Å². The Morgan fingerprint density at radius 3 is 2.88 bits per heavy atom. The first-order chi connectivity index (χ1) is 7.63. The highest BCUT2D eigenvalue weighted by Gasteiger charge is 2.02. The SMILES string of the molecule is COc1ccc(CSCCC(=O)O)cc1Br. The van der Waals surface area contributed by atoms with Crippen molar-refractivity contribution in [1.29, 1.82) is 0 Å². The fourth-order valence-electron chi connectivity index (χ4n) is 1.15. The van der Waals surface area contributed by atoms with Crippen LogP contribution in [-0.2, 0) is 10.5 Å².